The van der Waals surface area contributed by atoms with Crippen LogP contribution < -0.4 is 5.32 Å². The van der Waals surface area contributed by atoms with Crippen LogP contribution >= 0.6 is 0 Å². The summed E-state index contributed by atoms with van der Waals surface area (Å²) in [7, 11) is 0. The molecule has 0 spiro atoms. The van der Waals surface area contributed by atoms with Crippen LogP contribution in [-0.4, -0.2) is 49.9 Å². The summed E-state index contributed by atoms with van der Waals surface area (Å²) >= 11 is 0. The molecule has 5 atom stereocenters. The van der Waals surface area contributed by atoms with Crippen molar-refractivity contribution in [3.8, 4) is 0 Å². The van der Waals surface area contributed by atoms with Crippen molar-refractivity contribution in [1.29, 1.82) is 0 Å². The zero-order chi connectivity index (χ0) is 21.2. The second kappa shape index (κ2) is 12.1. The van der Waals surface area contributed by atoms with Crippen molar-refractivity contribution >= 4 is 11.8 Å². The number of ether oxygens (including phenoxy) is 3. The molecular weight excluding hydrogens is 370 g/mol. The largest absolute Gasteiger partial charge is 0.457 e. The highest BCUT2D eigenvalue weighted by Gasteiger charge is 2.43. The van der Waals surface area contributed by atoms with E-state index >= 15 is 0 Å². The molecule has 1 fully saturated rings. The summed E-state index contributed by atoms with van der Waals surface area (Å²) in [6.45, 7) is 9.34. The molecule has 1 heterocycles. The second-order valence-electron chi connectivity index (χ2n) is 7.79. The van der Waals surface area contributed by atoms with E-state index in [-0.39, 0.29) is 29.9 Å². The topological polar surface area (TPSA) is 73.9 Å². The molecular formula is C23H35NO5. The van der Waals surface area contributed by atoms with Gasteiger partial charge in [-0.2, -0.15) is 0 Å². The number of benzene rings is 1. The summed E-state index contributed by atoms with van der Waals surface area (Å²) < 4.78 is 17.5. The molecule has 1 aromatic rings. The Kier molecular flexibility index (Phi) is 9.78. The third-order valence-electron chi connectivity index (χ3n) is 5.63. The third-order valence-corrected chi connectivity index (χ3v) is 5.63. The van der Waals surface area contributed by atoms with Gasteiger partial charge in [0, 0.05) is 25.0 Å². The highest BCUT2D eigenvalue weighted by atomic mass is 16.7. The maximum absolute atomic E-state index is 12.0. The van der Waals surface area contributed by atoms with E-state index in [9.17, 15) is 9.59 Å². The highest BCUT2D eigenvalue weighted by molar-refractivity contribution is 5.97. The van der Waals surface area contributed by atoms with E-state index in [1.165, 1.54) is 6.92 Å². The number of Topliss-reactive ketones (excluding diaryl/α,β-unsaturated/α-hetero) is 1. The monoisotopic (exact) mass is 405 g/mol. The van der Waals surface area contributed by atoms with Gasteiger partial charge in [-0.1, -0.05) is 51.1 Å². The molecule has 0 aromatic heterocycles. The zero-order valence-electron chi connectivity index (χ0n) is 18.1. The molecule has 0 saturated carbocycles. The predicted molar refractivity (Wildman–Crippen MR) is 112 cm³/mol. The fourth-order valence-corrected chi connectivity index (χ4v) is 3.70. The van der Waals surface area contributed by atoms with Gasteiger partial charge < -0.3 is 19.5 Å². The summed E-state index contributed by atoms with van der Waals surface area (Å²) in [5.74, 6) is 0.257. The first-order chi connectivity index (χ1) is 13.9. The fourth-order valence-electron chi connectivity index (χ4n) is 3.70. The summed E-state index contributed by atoms with van der Waals surface area (Å²) in [5, 5.41) is 3.18. The molecule has 29 heavy (non-hydrogen) atoms. The van der Waals surface area contributed by atoms with Gasteiger partial charge in [0.1, 0.15) is 0 Å². The predicted octanol–water partition coefficient (Wildman–Crippen LogP) is 3.59. The van der Waals surface area contributed by atoms with Crippen LogP contribution in [0.3, 0.4) is 0 Å². The molecule has 0 radical (unpaired) electrons. The van der Waals surface area contributed by atoms with Crippen LogP contribution in [0.5, 0.6) is 0 Å². The van der Waals surface area contributed by atoms with Crippen molar-refractivity contribution in [3.63, 3.8) is 0 Å². The Morgan fingerprint density at radius 1 is 1.10 bits per heavy atom. The van der Waals surface area contributed by atoms with Crippen molar-refractivity contribution in [2.45, 2.75) is 65.5 Å². The van der Waals surface area contributed by atoms with E-state index < -0.39 is 6.29 Å². The van der Waals surface area contributed by atoms with Gasteiger partial charge in [0.2, 0.25) is 0 Å². The normalized spacial score (nSPS) is 26.8. The van der Waals surface area contributed by atoms with Gasteiger partial charge in [-0.3, -0.25) is 9.59 Å². The van der Waals surface area contributed by atoms with Crippen LogP contribution in [0.1, 0.15) is 57.3 Å². The summed E-state index contributed by atoms with van der Waals surface area (Å²) in [6.07, 6.45) is 1.82. The Morgan fingerprint density at radius 2 is 1.83 bits per heavy atom. The Balaban J connectivity index is 1.69. The van der Waals surface area contributed by atoms with E-state index in [1.807, 2.05) is 30.3 Å². The molecule has 0 bridgehead atoms. The van der Waals surface area contributed by atoms with Gasteiger partial charge in [-0.15, -0.1) is 0 Å². The molecule has 162 valence electrons. The van der Waals surface area contributed by atoms with Gasteiger partial charge in [0.05, 0.1) is 12.6 Å². The van der Waals surface area contributed by atoms with Crippen LogP contribution in [0.4, 0.5) is 0 Å². The quantitative estimate of drug-likeness (QED) is 0.345. The molecule has 6 nitrogen and oxygen atoms in total. The molecule has 0 aliphatic carbocycles. The molecule has 1 saturated heterocycles. The number of carbonyl (C=O) groups excluding carboxylic acids is 2. The minimum absolute atomic E-state index is 0.0930. The fraction of sp³-hybridized carbons (Fsp3) is 0.652. The number of ketones is 1. The van der Waals surface area contributed by atoms with Gasteiger partial charge in [0.25, 0.3) is 0 Å². The smallest absolute Gasteiger partial charge is 0.303 e. The number of esters is 1. The van der Waals surface area contributed by atoms with Gasteiger partial charge >= 0.3 is 5.97 Å². The number of hydrogen-bond acceptors (Lipinski definition) is 6. The maximum Gasteiger partial charge on any atom is 0.303 e. The Morgan fingerprint density at radius 3 is 2.48 bits per heavy atom. The van der Waals surface area contributed by atoms with Crippen LogP contribution in [-0.2, 0) is 19.0 Å². The molecule has 1 aromatic carbocycles. The number of hydrogen-bond donors (Lipinski definition) is 1. The van der Waals surface area contributed by atoms with E-state index in [2.05, 4.69) is 26.1 Å². The van der Waals surface area contributed by atoms with Gasteiger partial charge in [0.15, 0.2) is 18.2 Å². The van der Waals surface area contributed by atoms with E-state index in [4.69, 9.17) is 14.2 Å². The number of nitrogens with one attached hydrogen (secondary N) is 1. The summed E-state index contributed by atoms with van der Waals surface area (Å²) in [5.41, 5.74) is 0.725. The molecule has 6 heteroatoms. The van der Waals surface area contributed by atoms with Gasteiger partial charge in [-0.25, -0.2) is 0 Å². The molecule has 2 rings (SSSR count). The average molecular weight is 406 g/mol. The lowest BCUT2D eigenvalue weighted by Crippen LogP contribution is -2.51. The Bertz CT molecular complexity index is 635. The van der Waals surface area contributed by atoms with Crippen molar-refractivity contribution in [1.82, 2.24) is 5.32 Å². The van der Waals surface area contributed by atoms with Crippen molar-refractivity contribution in [3.05, 3.63) is 35.9 Å². The van der Waals surface area contributed by atoms with E-state index in [0.29, 0.717) is 19.1 Å². The van der Waals surface area contributed by atoms with Crippen molar-refractivity contribution in [2.24, 2.45) is 11.8 Å². The lowest BCUT2D eigenvalue weighted by Gasteiger charge is -2.43. The van der Waals surface area contributed by atoms with E-state index in [1.54, 1.807) is 0 Å². The first-order valence-electron chi connectivity index (χ1n) is 10.7. The first-order valence-corrected chi connectivity index (χ1v) is 10.7. The molecule has 1 N–H and O–H groups in total. The lowest BCUT2D eigenvalue weighted by atomic mass is 9.82. The van der Waals surface area contributed by atoms with Crippen LogP contribution in [0.2, 0.25) is 0 Å². The lowest BCUT2D eigenvalue weighted by molar-refractivity contribution is -0.275. The molecule has 1 aliphatic heterocycles. The van der Waals surface area contributed by atoms with Crippen molar-refractivity contribution < 1.29 is 23.8 Å². The van der Waals surface area contributed by atoms with Gasteiger partial charge in [-0.05, 0) is 31.7 Å². The highest BCUT2D eigenvalue weighted by Crippen LogP contribution is 2.34. The first kappa shape index (κ1) is 23.5. The number of unbranched alkanes of at least 4 members (excludes halogenated alkanes) is 1. The van der Waals surface area contributed by atoms with Crippen LogP contribution in [0.15, 0.2) is 30.3 Å². The third kappa shape index (κ3) is 7.21. The standard InChI is InChI=1S/C23H35NO5/c1-5-21-16(2)17(3)22(28-18(4)25)23(29-21)27-14-10-9-13-24-15-20(26)19-11-7-6-8-12-19/h6-8,11-12,16-17,21-24H,5,9-10,13-15H2,1-4H3. The number of rotatable bonds is 11. The Hall–Kier alpha value is -1.76. The molecule has 5 unspecified atom stereocenters. The van der Waals surface area contributed by atoms with E-state index in [0.717, 1.165) is 31.4 Å². The minimum atomic E-state index is -0.525. The summed E-state index contributed by atoms with van der Waals surface area (Å²) in [4.78, 5) is 23.5. The SMILES string of the molecule is CCC1OC(OCCCCNCC(=O)c2ccccc2)C(OC(C)=O)C(C)C1C. The average Bonchev–Trinajstić information content (AvgIpc) is 2.72. The van der Waals surface area contributed by atoms with Crippen LogP contribution in [0, 0.1) is 11.8 Å². The zero-order valence-corrected chi connectivity index (χ0v) is 18.1. The minimum Gasteiger partial charge on any atom is -0.457 e. The molecule has 0 amide bonds. The number of carbonyl (C=O) groups is 2. The van der Waals surface area contributed by atoms with Crippen LogP contribution in [0.25, 0.3) is 0 Å². The second-order valence-corrected chi connectivity index (χ2v) is 7.79. The Labute approximate surface area is 174 Å². The molecule has 1 aliphatic rings. The summed E-state index contributed by atoms with van der Waals surface area (Å²) in [6, 6.07) is 9.29. The van der Waals surface area contributed by atoms with Crippen molar-refractivity contribution in [2.75, 3.05) is 19.7 Å². The maximum atomic E-state index is 12.0.